The Labute approximate surface area is 126 Å². The minimum Gasteiger partial charge on any atom is -0.478 e. The van der Waals surface area contributed by atoms with Gasteiger partial charge in [0.1, 0.15) is 0 Å². The van der Waals surface area contributed by atoms with Crippen LogP contribution < -0.4 is 5.01 Å². The van der Waals surface area contributed by atoms with Gasteiger partial charge in [0, 0.05) is 12.4 Å². The van der Waals surface area contributed by atoms with Gasteiger partial charge in [-0.15, -0.1) is 0 Å². The minimum absolute atomic E-state index is 0.166. The van der Waals surface area contributed by atoms with Crippen molar-refractivity contribution in [2.45, 2.75) is 6.92 Å². The van der Waals surface area contributed by atoms with Crippen molar-refractivity contribution >= 4 is 29.4 Å². The third-order valence-electron chi connectivity index (χ3n) is 3.35. The number of hydrogen-bond acceptors (Lipinski definition) is 3. The number of anilines is 1. The molecular weight excluding hydrogens is 282 g/mol. The molecule has 0 aliphatic carbocycles. The fourth-order valence-electron chi connectivity index (χ4n) is 2.20. The molecule has 1 aliphatic rings. The van der Waals surface area contributed by atoms with Crippen molar-refractivity contribution in [3.8, 4) is 0 Å². The summed E-state index contributed by atoms with van der Waals surface area (Å²) < 4.78 is 0. The Bertz CT molecular complexity index is 787. The fourth-order valence-corrected chi connectivity index (χ4v) is 2.20. The molecule has 2 aromatic rings. The molecule has 0 atom stereocenters. The second kappa shape index (κ2) is 5.33. The molecule has 2 N–H and O–H groups in total. The zero-order chi connectivity index (χ0) is 15.7. The summed E-state index contributed by atoms with van der Waals surface area (Å²) >= 11 is 0. The van der Waals surface area contributed by atoms with Crippen molar-refractivity contribution in [2.24, 2.45) is 5.10 Å². The number of aromatic nitrogens is 1. The van der Waals surface area contributed by atoms with Gasteiger partial charge >= 0.3 is 5.97 Å². The van der Waals surface area contributed by atoms with E-state index in [-0.39, 0.29) is 11.5 Å². The maximum absolute atomic E-state index is 12.5. The summed E-state index contributed by atoms with van der Waals surface area (Å²) in [5.41, 5.74) is 2.72. The largest absolute Gasteiger partial charge is 0.478 e. The van der Waals surface area contributed by atoms with Crippen molar-refractivity contribution in [1.82, 2.24) is 4.98 Å². The number of aromatic carboxylic acids is 1. The first-order chi connectivity index (χ1) is 10.6. The quantitative estimate of drug-likeness (QED) is 0.853. The Morgan fingerprint density at radius 1 is 1.27 bits per heavy atom. The van der Waals surface area contributed by atoms with Gasteiger partial charge in [-0.2, -0.15) is 10.1 Å². The molecule has 0 radical (unpaired) electrons. The SMILES string of the molecule is CC1=NN(c2ccc(C(=O)O)cc2)C(=O)/C1=C\c1cc[nH]c1. The van der Waals surface area contributed by atoms with Crippen LogP contribution in [0.2, 0.25) is 0 Å². The van der Waals surface area contributed by atoms with Crippen LogP contribution in [0.3, 0.4) is 0 Å². The highest BCUT2D eigenvalue weighted by Crippen LogP contribution is 2.25. The lowest BCUT2D eigenvalue weighted by Gasteiger charge is -2.11. The molecule has 6 heteroatoms. The number of nitrogens with zero attached hydrogens (tertiary/aromatic N) is 2. The molecule has 0 saturated carbocycles. The summed E-state index contributed by atoms with van der Waals surface area (Å²) in [6.07, 6.45) is 5.34. The number of hydrogen-bond donors (Lipinski definition) is 2. The second-order valence-electron chi connectivity index (χ2n) is 4.86. The molecule has 0 unspecified atom stereocenters. The molecule has 1 amide bonds. The van der Waals surface area contributed by atoms with E-state index in [1.165, 1.54) is 17.1 Å². The van der Waals surface area contributed by atoms with Gasteiger partial charge < -0.3 is 10.1 Å². The number of H-pyrrole nitrogens is 1. The Hall–Kier alpha value is -3.15. The lowest BCUT2D eigenvalue weighted by atomic mass is 10.1. The smallest absolute Gasteiger partial charge is 0.335 e. The normalized spacial score (nSPS) is 16.2. The van der Waals surface area contributed by atoms with Gasteiger partial charge in [0.2, 0.25) is 0 Å². The number of rotatable bonds is 3. The number of carboxylic acid groups (broad SMARTS) is 1. The van der Waals surface area contributed by atoms with E-state index in [9.17, 15) is 9.59 Å². The van der Waals surface area contributed by atoms with E-state index in [0.717, 1.165) is 5.56 Å². The van der Waals surface area contributed by atoms with Crippen molar-refractivity contribution in [3.05, 3.63) is 59.4 Å². The average Bonchev–Trinajstić information content (AvgIpc) is 3.11. The molecule has 1 aromatic heterocycles. The molecule has 0 spiro atoms. The first kappa shape index (κ1) is 13.8. The summed E-state index contributed by atoms with van der Waals surface area (Å²) in [7, 11) is 0. The Morgan fingerprint density at radius 2 is 2.00 bits per heavy atom. The van der Waals surface area contributed by atoms with E-state index < -0.39 is 5.97 Å². The van der Waals surface area contributed by atoms with Gasteiger partial charge in [0.15, 0.2) is 0 Å². The Kier molecular flexibility index (Phi) is 3.34. The van der Waals surface area contributed by atoms with Crippen LogP contribution in [0, 0.1) is 0 Å². The summed E-state index contributed by atoms with van der Waals surface area (Å²) in [5, 5.41) is 14.4. The number of amides is 1. The second-order valence-corrected chi connectivity index (χ2v) is 4.86. The highest BCUT2D eigenvalue weighted by molar-refractivity contribution is 6.32. The highest BCUT2D eigenvalue weighted by atomic mass is 16.4. The number of carboxylic acids is 1. The van der Waals surface area contributed by atoms with Crippen LogP contribution in [0.5, 0.6) is 0 Å². The van der Waals surface area contributed by atoms with Crippen molar-refractivity contribution in [3.63, 3.8) is 0 Å². The van der Waals surface area contributed by atoms with Gasteiger partial charge in [-0.05, 0) is 48.9 Å². The van der Waals surface area contributed by atoms with Gasteiger partial charge in [0.05, 0.1) is 22.5 Å². The fraction of sp³-hybridized carbons (Fsp3) is 0.0625. The molecule has 1 aliphatic heterocycles. The standard InChI is InChI=1S/C16H13N3O3/c1-10-14(8-11-6-7-17-9-11)15(20)19(18-10)13-4-2-12(3-5-13)16(21)22/h2-9,17H,1H3,(H,21,22)/b14-8-. The number of benzene rings is 1. The molecule has 22 heavy (non-hydrogen) atoms. The van der Waals surface area contributed by atoms with E-state index in [1.54, 1.807) is 37.5 Å². The molecule has 0 fully saturated rings. The van der Waals surface area contributed by atoms with Crippen LogP contribution in [-0.4, -0.2) is 27.7 Å². The lowest BCUT2D eigenvalue weighted by Crippen LogP contribution is -2.21. The number of carbonyl (C=O) groups excluding carboxylic acids is 1. The average molecular weight is 295 g/mol. The van der Waals surface area contributed by atoms with Gasteiger partial charge in [0.25, 0.3) is 5.91 Å². The first-order valence-corrected chi connectivity index (χ1v) is 6.64. The lowest BCUT2D eigenvalue weighted by molar-refractivity contribution is -0.114. The van der Waals surface area contributed by atoms with Gasteiger partial charge in [-0.1, -0.05) is 0 Å². The zero-order valence-electron chi connectivity index (χ0n) is 11.8. The topological polar surface area (TPSA) is 85.8 Å². The van der Waals surface area contributed by atoms with Crippen molar-refractivity contribution in [2.75, 3.05) is 5.01 Å². The number of nitrogens with one attached hydrogen (secondary N) is 1. The minimum atomic E-state index is -1.01. The third-order valence-corrected chi connectivity index (χ3v) is 3.35. The predicted molar refractivity (Wildman–Crippen MR) is 82.8 cm³/mol. The molecule has 2 heterocycles. The van der Waals surface area contributed by atoms with Crippen LogP contribution in [0.4, 0.5) is 5.69 Å². The summed E-state index contributed by atoms with van der Waals surface area (Å²) in [6, 6.07) is 7.89. The van der Waals surface area contributed by atoms with Crippen molar-refractivity contribution < 1.29 is 14.7 Å². The molecule has 3 rings (SSSR count). The molecule has 0 bridgehead atoms. The zero-order valence-corrected chi connectivity index (χ0v) is 11.8. The molecule has 1 aromatic carbocycles. The molecular formula is C16H13N3O3. The summed E-state index contributed by atoms with van der Waals surface area (Å²) in [4.78, 5) is 26.3. The maximum atomic E-state index is 12.5. The van der Waals surface area contributed by atoms with Crippen LogP contribution in [0.25, 0.3) is 6.08 Å². The summed E-state index contributed by atoms with van der Waals surface area (Å²) in [6.45, 7) is 1.77. The van der Waals surface area contributed by atoms with E-state index in [4.69, 9.17) is 5.11 Å². The highest BCUT2D eigenvalue weighted by Gasteiger charge is 2.28. The van der Waals surface area contributed by atoms with Crippen LogP contribution >= 0.6 is 0 Å². The maximum Gasteiger partial charge on any atom is 0.335 e. The van der Waals surface area contributed by atoms with E-state index in [2.05, 4.69) is 10.1 Å². The number of hydrazone groups is 1. The van der Waals surface area contributed by atoms with E-state index >= 15 is 0 Å². The summed E-state index contributed by atoms with van der Waals surface area (Å²) in [5.74, 6) is -1.24. The van der Waals surface area contributed by atoms with Crippen LogP contribution in [0.15, 0.2) is 53.4 Å². The number of aromatic amines is 1. The monoisotopic (exact) mass is 295 g/mol. The van der Waals surface area contributed by atoms with Gasteiger partial charge in [-0.25, -0.2) is 4.79 Å². The Balaban J connectivity index is 1.91. The van der Waals surface area contributed by atoms with Gasteiger partial charge in [-0.3, -0.25) is 4.79 Å². The van der Waals surface area contributed by atoms with Crippen LogP contribution in [0.1, 0.15) is 22.8 Å². The van der Waals surface area contributed by atoms with Crippen molar-refractivity contribution in [1.29, 1.82) is 0 Å². The molecule has 110 valence electrons. The van der Waals surface area contributed by atoms with Crippen LogP contribution in [-0.2, 0) is 4.79 Å². The third kappa shape index (κ3) is 2.42. The Morgan fingerprint density at radius 3 is 2.59 bits per heavy atom. The van der Waals surface area contributed by atoms with E-state index in [1.807, 2.05) is 6.07 Å². The molecule has 6 nitrogen and oxygen atoms in total. The molecule has 0 saturated heterocycles. The first-order valence-electron chi connectivity index (χ1n) is 6.64. The van der Waals surface area contributed by atoms with E-state index in [0.29, 0.717) is 17.0 Å². The predicted octanol–water partition coefficient (Wildman–Crippen LogP) is 2.52. The number of carbonyl (C=O) groups is 2.